The lowest BCUT2D eigenvalue weighted by molar-refractivity contribution is 0.841. The molecule has 1 N–H and O–H groups in total. The molecule has 0 fully saturated rings. The maximum absolute atomic E-state index is 3.31. The van der Waals surface area contributed by atoms with Crippen molar-refractivity contribution in [1.29, 1.82) is 0 Å². The first-order valence-electron chi connectivity index (χ1n) is 5.70. The average Bonchev–Trinajstić information content (AvgIpc) is 2.62. The highest BCUT2D eigenvalue weighted by Crippen LogP contribution is 2.29. The van der Waals surface area contributed by atoms with Gasteiger partial charge >= 0.3 is 0 Å². The SMILES string of the molecule is CC(C)c1cc(C(C)C)c2cc[nH]c2c1. The van der Waals surface area contributed by atoms with Crippen LogP contribution in [-0.4, -0.2) is 4.98 Å². The maximum Gasteiger partial charge on any atom is 0.0459 e. The van der Waals surface area contributed by atoms with Crippen LogP contribution < -0.4 is 0 Å². The van der Waals surface area contributed by atoms with E-state index < -0.39 is 0 Å². The van der Waals surface area contributed by atoms with Crippen molar-refractivity contribution in [1.82, 2.24) is 4.98 Å². The molecule has 2 rings (SSSR count). The molecular weight excluding hydrogens is 182 g/mol. The number of hydrogen-bond acceptors (Lipinski definition) is 0. The number of benzene rings is 1. The van der Waals surface area contributed by atoms with E-state index in [1.165, 1.54) is 22.0 Å². The number of aromatic amines is 1. The molecule has 15 heavy (non-hydrogen) atoms. The summed E-state index contributed by atoms with van der Waals surface area (Å²) >= 11 is 0. The molecule has 0 unspecified atom stereocenters. The first-order valence-corrected chi connectivity index (χ1v) is 5.70. The van der Waals surface area contributed by atoms with Crippen molar-refractivity contribution >= 4 is 10.9 Å². The van der Waals surface area contributed by atoms with Gasteiger partial charge in [0.15, 0.2) is 0 Å². The molecule has 2 aromatic rings. The number of rotatable bonds is 2. The Hall–Kier alpha value is -1.24. The first kappa shape index (κ1) is 10.3. The second-order valence-corrected chi connectivity index (χ2v) is 4.86. The predicted molar refractivity (Wildman–Crippen MR) is 66.5 cm³/mol. The second kappa shape index (κ2) is 3.73. The Balaban J connectivity index is 2.69. The summed E-state index contributed by atoms with van der Waals surface area (Å²) in [5.74, 6) is 1.18. The molecule has 0 aliphatic carbocycles. The average molecular weight is 201 g/mol. The van der Waals surface area contributed by atoms with Gasteiger partial charge in [-0.2, -0.15) is 0 Å². The van der Waals surface area contributed by atoms with Crippen LogP contribution in [0.15, 0.2) is 24.4 Å². The zero-order valence-corrected chi connectivity index (χ0v) is 9.96. The molecule has 0 bridgehead atoms. The third-order valence-corrected chi connectivity index (χ3v) is 3.01. The molecule has 0 amide bonds. The van der Waals surface area contributed by atoms with Crippen molar-refractivity contribution in [2.45, 2.75) is 39.5 Å². The summed E-state index contributed by atoms with van der Waals surface area (Å²) < 4.78 is 0. The van der Waals surface area contributed by atoms with E-state index in [2.05, 4.69) is 50.9 Å². The third-order valence-electron chi connectivity index (χ3n) is 3.01. The van der Waals surface area contributed by atoms with Crippen LogP contribution in [-0.2, 0) is 0 Å². The van der Waals surface area contributed by atoms with Crippen molar-refractivity contribution < 1.29 is 0 Å². The monoisotopic (exact) mass is 201 g/mol. The van der Waals surface area contributed by atoms with E-state index in [0.29, 0.717) is 11.8 Å². The summed E-state index contributed by atoms with van der Waals surface area (Å²) in [7, 11) is 0. The summed E-state index contributed by atoms with van der Waals surface area (Å²) in [5.41, 5.74) is 4.15. The molecule has 0 atom stereocenters. The number of fused-ring (bicyclic) bond motifs is 1. The largest absolute Gasteiger partial charge is 0.361 e. The summed E-state index contributed by atoms with van der Waals surface area (Å²) in [6.45, 7) is 9.00. The molecule has 0 aliphatic rings. The van der Waals surface area contributed by atoms with Crippen molar-refractivity contribution in [3.05, 3.63) is 35.5 Å². The van der Waals surface area contributed by atoms with Gasteiger partial charge in [0, 0.05) is 17.1 Å². The van der Waals surface area contributed by atoms with E-state index in [-0.39, 0.29) is 0 Å². The standard InChI is InChI=1S/C14H19N/c1-9(2)11-7-13(10(3)4)12-5-6-15-14(12)8-11/h5-10,15H,1-4H3. The van der Waals surface area contributed by atoms with E-state index in [1.54, 1.807) is 0 Å². The molecule has 0 saturated carbocycles. The smallest absolute Gasteiger partial charge is 0.0459 e. The Bertz CT molecular complexity index is 463. The van der Waals surface area contributed by atoms with Crippen molar-refractivity contribution in [2.24, 2.45) is 0 Å². The zero-order valence-electron chi connectivity index (χ0n) is 9.96. The van der Waals surface area contributed by atoms with Crippen molar-refractivity contribution in [3.63, 3.8) is 0 Å². The van der Waals surface area contributed by atoms with E-state index in [9.17, 15) is 0 Å². The van der Waals surface area contributed by atoms with Crippen LogP contribution in [0.5, 0.6) is 0 Å². The van der Waals surface area contributed by atoms with Crippen LogP contribution in [0.4, 0.5) is 0 Å². The molecule has 1 aromatic heterocycles. The van der Waals surface area contributed by atoms with E-state index in [0.717, 1.165) is 0 Å². The van der Waals surface area contributed by atoms with Gasteiger partial charge in [-0.25, -0.2) is 0 Å². The van der Waals surface area contributed by atoms with Gasteiger partial charge in [0.2, 0.25) is 0 Å². The minimum atomic E-state index is 0.585. The minimum absolute atomic E-state index is 0.585. The van der Waals surface area contributed by atoms with Gasteiger partial charge < -0.3 is 4.98 Å². The van der Waals surface area contributed by atoms with Crippen LogP contribution in [0.25, 0.3) is 10.9 Å². The van der Waals surface area contributed by atoms with Gasteiger partial charge in [-0.1, -0.05) is 33.8 Å². The van der Waals surface area contributed by atoms with E-state index in [4.69, 9.17) is 0 Å². The van der Waals surface area contributed by atoms with E-state index >= 15 is 0 Å². The maximum atomic E-state index is 3.31. The lowest BCUT2D eigenvalue weighted by Crippen LogP contribution is -1.94. The fraction of sp³-hybridized carbons (Fsp3) is 0.429. The fourth-order valence-corrected chi connectivity index (χ4v) is 2.03. The lowest BCUT2D eigenvalue weighted by atomic mass is 9.93. The Kier molecular flexibility index (Phi) is 2.56. The third kappa shape index (κ3) is 1.79. The molecule has 0 saturated heterocycles. The normalized spacial score (nSPS) is 11.9. The minimum Gasteiger partial charge on any atom is -0.361 e. The molecule has 1 heteroatoms. The summed E-state index contributed by atoms with van der Waals surface area (Å²) in [4.78, 5) is 3.31. The molecule has 80 valence electrons. The molecule has 0 spiro atoms. The Morgan fingerprint density at radius 1 is 1.00 bits per heavy atom. The van der Waals surface area contributed by atoms with Gasteiger partial charge in [-0.15, -0.1) is 0 Å². The molecule has 1 nitrogen and oxygen atoms in total. The Labute approximate surface area is 91.5 Å². The van der Waals surface area contributed by atoms with E-state index in [1.807, 2.05) is 6.20 Å². The van der Waals surface area contributed by atoms with Crippen LogP contribution in [0, 0.1) is 0 Å². The van der Waals surface area contributed by atoms with Crippen molar-refractivity contribution in [3.8, 4) is 0 Å². The highest BCUT2D eigenvalue weighted by molar-refractivity contribution is 5.84. The quantitative estimate of drug-likeness (QED) is 0.740. The summed E-state index contributed by atoms with van der Waals surface area (Å²) in [6.07, 6.45) is 2.03. The van der Waals surface area contributed by atoms with Crippen molar-refractivity contribution in [2.75, 3.05) is 0 Å². The zero-order chi connectivity index (χ0) is 11.0. The fourth-order valence-electron chi connectivity index (χ4n) is 2.03. The number of H-pyrrole nitrogens is 1. The molecule has 0 radical (unpaired) electrons. The molecular formula is C14H19N. The van der Waals surface area contributed by atoms with Crippen LogP contribution in [0.2, 0.25) is 0 Å². The highest BCUT2D eigenvalue weighted by atomic mass is 14.7. The number of hydrogen-bond donors (Lipinski definition) is 1. The number of aromatic nitrogens is 1. The Morgan fingerprint density at radius 2 is 1.73 bits per heavy atom. The van der Waals surface area contributed by atoms with Crippen LogP contribution in [0.1, 0.15) is 50.7 Å². The summed E-state index contributed by atoms with van der Waals surface area (Å²) in [6, 6.07) is 6.80. The topological polar surface area (TPSA) is 15.8 Å². The lowest BCUT2D eigenvalue weighted by Gasteiger charge is -2.12. The second-order valence-electron chi connectivity index (χ2n) is 4.86. The van der Waals surface area contributed by atoms with Gasteiger partial charge in [0.1, 0.15) is 0 Å². The number of nitrogens with one attached hydrogen (secondary N) is 1. The van der Waals surface area contributed by atoms with Gasteiger partial charge in [0.25, 0.3) is 0 Å². The van der Waals surface area contributed by atoms with Gasteiger partial charge in [-0.05, 0) is 35.1 Å². The van der Waals surface area contributed by atoms with Crippen LogP contribution in [0.3, 0.4) is 0 Å². The molecule has 1 aromatic carbocycles. The van der Waals surface area contributed by atoms with Crippen LogP contribution >= 0.6 is 0 Å². The van der Waals surface area contributed by atoms with Gasteiger partial charge in [-0.3, -0.25) is 0 Å². The first-order chi connectivity index (χ1) is 7.09. The highest BCUT2D eigenvalue weighted by Gasteiger charge is 2.09. The Morgan fingerprint density at radius 3 is 2.33 bits per heavy atom. The van der Waals surface area contributed by atoms with Gasteiger partial charge in [0.05, 0.1) is 0 Å². The molecule has 0 aliphatic heterocycles. The molecule has 1 heterocycles. The predicted octanol–water partition coefficient (Wildman–Crippen LogP) is 4.41. The summed E-state index contributed by atoms with van der Waals surface area (Å²) in [5, 5.41) is 1.37.